The summed E-state index contributed by atoms with van der Waals surface area (Å²) in [6.07, 6.45) is 6.13. The minimum Gasteiger partial charge on any atom is -0.352 e. The van der Waals surface area contributed by atoms with E-state index in [0.717, 1.165) is 19.3 Å². The van der Waals surface area contributed by atoms with Crippen LogP contribution in [0.3, 0.4) is 0 Å². The fourth-order valence-corrected chi connectivity index (χ4v) is 3.31. The van der Waals surface area contributed by atoms with Crippen LogP contribution in [-0.4, -0.2) is 17.4 Å². The minimum absolute atomic E-state index is 0.00671. The van der Waals surface area contributed by atoms with E-state index in [0.29, 0.717) is 18.0 Å². The van der Waals surface area contributed by atoms with Crippen LogP contribution in [0.2, 0.25) is 0 Å². The van der Waals surface area contributed by atoms with Crippen molar-refractivity contribution in [2.24, 2.45) is 0 Å². The number of amides is 1. The van der Waals surface area contributed by atoms with Crippen molar-refractivity contribution >= 4 is 17.7 Å². The molecule has 5 nitrogen and oxygen atoms in total. The van der Waals surface area contributed by atoms with E-state index in [4.69, 9.17) is 0 Å². The molecule has 0 heterocycles. The fraction of sp³-hybridized carbons (Fsp3) is 0.250. The molecule has 1 unspecified atom stereocenters. The fourth-order valence-electron chi connectivity index (χ4n) is 3.31. The highest BCUT2D eigenvalue weighted by Gasteiger charge is 2.19. The van der Waals surface area contributed by atoms with E-state index in [1.165, 1.54) is 29.3 Å². The molecule has 1 amide bonds. The maximum absolute atomic E-state index is 12.1. The van der Waals surface area contributed by atoms with Crippen molar-refractivity contribution < 1.29 is 9.72 Å². The van der Waals surface area contributed by atoms with Crippen LogP contribution in [0.5, 0.6) is 0 Å². The van der Waals surface area contributed by atoms with Gasteiger partial charge in [-0.05, 0) is 42.5 Å². The van der Waals surface area contributed by atoms with Crippen molar-refractivity contribution in [3.8, 4) is 0 Å². The summed E-state index contributed by atoms with van der Waals surface area (Å²) < 4.78 is 0. The van der Waals surface area contributed by atoms with Crippen molar-refractivity contribution in [2.75, 3.05) is 6.54 Å². The molecule has 0 fully saturated rings. The first-order valence-corrected chi connectivity index (χ1v) is 8.42. The largest absolute Gasteiger partial charge is 0.352 e. The topological polar surface area (TPSA) is 72.2 Å². The highest BCUT2D eigenvalue weighted by Crippen LogP contribution is 2.30. The van der Waals surface area contributed by atoms with Gasteiger partial charge in [0.15, 0.2) is 0 Å². The molecule has 0 bridgehead atoms. The molecule has 0 aliphatic heterocycles. The molecule has 3 rings (SSSR count). The standard InChI is InChI=1S/C20H20N2O3/c23-20(13-12-16-7-2-4-11-19(16)22(24)25)21-14-17-9-5-8-15-6-1-3-10-18(15)17/h1-4,6-7,10-13,17H,5,8-9,14H2,(H,21,23)/b13-12+. The van der Waals surface area contributed by atoms with Crippen LogP contribution < -0.4 is 5.32 Å². The number of nitrogens with one attached hydrogen (secondary N) is 1. The molecule has 0 saturated carbocycles. The van der Waals surface area contributed by atoms with Crippen molar-refractivity contribution in [3.05, 3.63) is 81.4 Å². The minimum atomic E-state index is -0.448. The first-order chi connectivity index (χ1) is 12.1. The third kappa shape index (κ3) is 4.12. The average molecular weight is 336 g/mol. The van der Waals surface area contributed by atoms with Crippen molar-refractivity contribution in [3.63, 3.8) is 0 Å². The van der Waals surface area contributed by atoms with Gasteiger partial charge in [-0.3, -0.25) is 14.9 Å². The number of carbonyl (C=O) groups is 1. The molecular weight excluding hydrogens is 316 g/mol. The van der Waals surface area contributed by atoms with Crippen LogP contribution in [-0.2, 0) is 11.2 Å². The Labute approximate surface area is 146 Å². The summed E-state index contributed by atoms with van der Waals surface area (Å²) in [6, 6.07) is 14.7. The average Bonchev–Trinajstić information content (AvgIpc) is 2.64. The van der Waals surface area contributed by atoms with Gasteiger partial charge in [0.2, 0.25) is 5.91 Å². The Morgan fingerprint density at radius 3 is 2.80 bits per heavy atom. The second-order valence-electron chi connectivity index (χ2n) is 6.18. The number of nitro benzene ring substituents is 1. The highest BCUT2D eigenvalue weighted by atomic mass is 16.6. The number of rotatable bonds is 5. The second kappa shape index (κ2) is 7.75. The number of nitrogens with zero attached hydrogens (tertiary/aromatic N) is 1. The normalized spacial score (nSPS) is 16.4. The summed E-state index contributed by atoms with van der Waals surface area (Å²) in [4.78, 5) is 22.6. The van der Waals surface area contributed by atoms with Crippen LogP contribution >= 0.6 is 0 Å². The number of nitro groups is 1. The number of fused-ring (bicyclic) bond motifs is 1. The lowest BCUT2D eigenvalue weighted by Gasteiger charge is -2.25. The molecule has 1 N–H and O–H groups in total. The summed E-state index contributed by atoms with van der Waals surface area (Å²) in [5.74, 6) is 0.0922. The molecule has 0 saturated heterocycles. The third-order valence-corrected chi connectivity index (χ3v) is 4.56. The van der Waals surface area contributed by atoms with Gasteiger partial charge < -0.3 is 5.32 Å². The van der Waals surface area contributed by atoms with Crippen LogP contribution in [0.1, 0.15) is 35.4 Å². The lowest BCUT2D eigenvalue weighted by molar-refractivity contribution is -0.385. The molecule has 1 aliphatic rings. The zero-order valence-electron chi connectivity index (χ0n) is 13.9. The van der Waals surface area contributed by atoms with Gasteiger partial charge in [0.05, 0.1) is 10.5 Å². The van der Waals surface area contributed by atoms with E-state index in [-0.39, 0.29) is 11.6 Å². The monoisotopic (exact) mass is 336 g/mol. The molecule has 0 aromatic heterocycles. The first-order valence-electron chi connectivity index (χ1n) is 8.42. The predicted molar refractivity (Wildman–Crippen MR) is 97.3 cm³/mol. The molecule has 1 aliphatic carbocycles. The molecule has 25 heavy (non-hydrogen) atoms. The number of hydrogen-bond donors (Lipinski definition) is 1. The van der Waals surface area contributed by atoms with Gasteiger partial charge in [0.1, 0.15) is 0 Å². The van der Waals surface area contributed by atoms with E-state index in [1.807, 2.05) is 6.07 Å². The third-order valence-electron chi connectivity index (χ3n) is 4.56. The highest BCUT2D eigenvalue weighted by molar-refractivity contribution is 5.92. The van der Waals surface area contributed by atoms with Gasteiger partial charge in [0, 0.05) is 24.6 Å². The zero-order valence-corrected chi connectivity index (χ0v) is 13.9. The van der Waals surface area contributed by atoms with Crippen molar-refractivity contribution in [1.29, 1.82) is 0 Å². The molecule has 5 heteroatoms. The van der Waals surface area contributed by atoms with E-state index in [9.17, 15) is 14.9 Å². The number of benzene rings is 2. The number of para-hydroxylation sites is 1. The van der Waals surface area contributed by atoms with E-state index in [2.05, 4.69) is 23.5 Å². The van der Waals surface area contributed by atoms with Crippen LogP contribution in [0, 0.1) is 10.1 Å². The van der Waals surface area contributed by atoms with E-state index >= 15 is 0 Å². The van der Waals surface area contributed by atoms with Gasteiger partial charge in [-0.25, -0.2) is 0 Å². The van der Waals surface area contributed by atoms with Crippen molar-refractivity contribution in [1.82, 2.24) is 5.32 Å². The SMILES string of the molecule is O=C(/C=C/c1ccccc1[N+](=O)[O-])NCC1CCCc2ccccc21. The molecule has 0 spiro atoms. The second-order valence-corrected chi connectivity index (χ2v) is 6.18. The van der Waals surface area contributed by atoms with Crippen LogP contribution in [0.4, 0.5) is 5.69 Å². The molecule has 1 atom stereocenters. The van der Waals surface area contributed by atoms with Crippen LogP contribution in [0.25, 0.3) is 6.08 Å². The summed E-state index contributed by atoms with van der Waals surface area (Å²) in [5.41, 5.74) is 3.10. The lowest BCUT2D eigenvalue weighted by atomic mass is 9.83. The Bertz CT molecular complexity index is 814. The Hall–Kier alpha value is -2.95. The van der Waals surface area contributed by atoms with Gasteiger partial charge >= 0.3 is 0 Å². The Morgan fingerprint density at radius 1 is 1.20 bits per heavy atom. The van der Waals surface area contributed by atoms with E-state index < -0.39 is 4.92 Å². The quantitative estimate of drug-likeness (QED) is 0.512. The summed E-state index contributed by atoms with van der Waals surface area (Å²) >= 11 is 0. The number of aryl methyl sites for hydroxylation is 1. The molecule has 0 radical (unpaired) electrons. The Balaban J connectivity index is 1.62. The van der Waals surface area contributed by atoms with Gasteiger partial charge in [0.25, 0.3) is 5.69 Å². The van der Waals surface area contributed by atoms with Gasteiger partial charge in [-0.2, -0.15) is 0 Å². The smallest absolute Gasteiger partial charge is 0.276 e. The molecular formula is C20H20N2O3. The number of carbonyl (C=O) groups excluding carboxylic acids is 1. The first kappa shape index (κ1) is 16.9. The Kier molecular flexibility index (Phi) is 5.23. The summed E-state index contributed by atoms with van der Waals surface area (Å²) in [7, 11) is 0. The zero-order chi connectivity index (χ0) is 17.6. The Morgan fingerprint density at radius 2 is 1.96 bits per heavy atom. The number of hydrogen-bond acceptors (Lipinski definition) is 3. The maximum Gasteiger partial charge on any atom is 0.276 e. The van der Waals surface area contributed by atoms with Crippen molar-refractivity contribution in [2.45, 2.75) is 25.2 Å². The van der Waals surface area contributed by atoms with Crippen LogP contribution in [0.15, 0.2) is 54.6 Å². The maximum atomic E-state index is 12.1. The molecule has 2 aromatic carbocycles. The summed E-state index contributed by atoms with van der Waals surface area (Å²) in [5, 5.41) is 13.9. The molecule has 128 valence electrons. The predicted octanol–water partition coefficient (Wildman–Crippen LogP) is 3.84. The van der Waals surface area contributed by atoms with Gasteiger partial charge in [-0.1, -0.05) is 36.4 Å². The van der Waals surface area contributed by atoms with Gasteiger partial charge in [-0.15, -0.1) is 0 Å². The molecule has 2 aromatic rings. The lowest BCUT2D eigenvalue weighted by Crippen LogP contribution is -2.28. The van der Waals surface area contributed by atoms with E-state index in [1.54, 1.807) is 18.2 Å². The summed E-state index contributed by atoms with van der Waals surface area (Å²) in [6.45, 7) is 0.580.